The van der Waals surface area contributed by atoms with Crippen LogP contribution < -0.4 is 9.47 Å². The molecule has 2 aromatic carbocycles. The molecule has 1 saturated heterocycles. The Hall–Kier alpha value is -2.73. The van der Waals surface area contributed by atoms with Crippen LogP contribution in [0, 0.1) is 0 Å². The van der Waals surface area contributed by atoms with Gasteiger partial charge in [0.05, 0.1) is 20.3 Å². The van der Waals surface area contributed by atoms with Crippen molar-refractivity contribution in [2.75, 3.05) is 33.9 Å². The summed E-state index contributed by atoms with van der Waals surface area (Å²) < 4.78 is 11.0. The lowest BCUT2D eigenvalue weighted by Gasteiger charge is -2.38. The monoisotopic (exact) mass is 428 g/mol. The van der Waals surface area contributed by atoms with Crippen LogP contribution in [-0.2, 0) is 16.0 Å². The Morgan fingerprint density at radius 3 is 2.20 bits per heavy atom. The zero-order valence-electron chi connectivity index (χ0n) is 17.2. The van der Waals surface area contributed by atoms with Crippen molar-refractivity contribution in [3.05, 3.63) is 58.1 Å². The molecule has 2 heterocycles. The summed E-state index contributed by atoms with van der Waals surface area (Å²) in [5, 5.41) is 0.619. The number of amides is 2. The highest BCUT2D eigenvalue weighted by molar-refractivity contribution is 6.35. The smallest absolute Gasteiger partial charge is 0.312 e. The number of hydrogen-bond donors (Lipinski definition) is 0. The molecule has 158 valence electrons. The van der Waals surface area contributed by atoms with E-state index in [4.69, 9.17) is 21.1 Å². The second-order valence-corrected chi connectivity index (χ2v) is 8.04. The minimum Gasteiger partial charge on any atom is -0.493 e. The van der Waals surface area contributed by atoms with E-state index in [1.165, 1.54) is 0 Å². The van der Waals surface area contributed by atoms with Gasteiger partial charge in [0.15, 0.2) is 11.5 Å². The van der Waals surface area contributed by atoms with Crippen LogP contribution in [0.3, 0.4) is 0 Å². The molecule has 1 unspecified atom stereocenters. The number of carbonyl (C=O) groups excluding carboxylic acids is 2. The van der Waals surface area contributed by atoms with Crippen LogP contribution in [0.4, 0.5) is 0 Å². The summed E-state index contributed by atoms with van der Waals surface area (Å²) in [6, 6.07) is 10.9. The van der Waals surface area contributed by atoms with Gasteiger partial charge >= 0.3 is 11.8 Å². The molecule has 1 atom stereocenters. The topological polar surface area (TPSA) is 59.1 Å². The fraction of sp³-hybridized carbons (Fsp3) is 0.391. The van der Waals surface area contributed by atoms with Gasteiger partial charge < -0.3 is 19.3 Å². The second-order valence-electron chi connectivity index (χ2n) is 7.61. The van der Waals surface area contributed by atoms with Gasteiger partial charge in [0, 0.05) is 24.7 Å². The maximum Gasteiger partial charge on any atom is 0.312 e. The molecular weight excluding hydrogens is 404 g/mol. The van der Waals surface area contributed by atoms with E-state index >= 15 is 0 Å². The van der Waals surface area contributed by atoms with Crippen LogP contribution >= 0.6 is 11.6 Å². The van der Waals surface area contributed by atoms with Gasteiger partial charge in [0.1, 0.15) is 0 Å². The minimum atomic E-state index is -0.461. The fourth-order valence-corrected chi connectivity index (χ4v) is 4.47. The number of fused-ring (bicyclic) bond motifs is 1. The summed E-state index contributed by atoms with van der Waals surface area (Å²) in [5.74, 6) is 0.363. The number of hydrogen-bond acceptors (Lipinski definition) is 4. The molecule has 0 saturated carbocycles. The van der Waals surface area contributed by atoms with E-state index in [1.54, 1.807) is 36.2 Å². The van der Waals surface area contributed by atoms with Crippen LogP contribution in [0.2, 0.25) is 5.02 Å². The molecule has 6 nitrogen and oxygen atoms in total. The highest BCUT2D eigenvalue weighted by atomic mass is 35.5. The van der Waals surface area contributed by atoms with Crippen molar-refractivity contribution < 1.29 is 19.1 Å². The van der Waals surface area contributed by atoms with Crippen molar-refractivity contribution in [1.82, 2.24) is 9.80 Å². The molecule has 0 bridgehead atoms. The lowest BCUT2D eigenvalue weighted by molar-refractivity contribution is -0.152. The maximum absolute atomic E-state index is 13.3. The van der Waals surface area contributed by atoms with E-state index in [9.17, 15) is 9.59 Å². The highest BCUT2D eigenvalue weighted by Gasteiger charge is 2.38. The maximum atomic E-state index is 13.3. The number of ether oxygens (including phenoxy) is 2. The predicted octanol–water partition coefficient (Wildman–Crippen LogP) is 3.45. The average Bonchev–Trinajstić information content (AvgIpc) is 3.32. The summed E-state index contributed by atoms with van der Waals surface area (Å²) in [7, 11) is 3.19. The van der Waals surface area contributed by atoms with Gasteiger partial charge in [-0.3, -0.25) is 9.59 Å². The number of methoxy groups -OCH3 is 2. The van der Waals surface area contributed by atoms with Gasteiger partial charge in [-0.2, -0.15) is 0 Å². The van der Waals surface area contributed by atoms with E-state index in [0.29, 0.717) is 42.6 Å². The fourth-order valence-electron chi connectivity index (χ4n) is 4.35. The zero-order chi connectivity index (χ0) is 21.3. The summed E-state index contributed by atoms with van der Waals surface area (Å²) in [5.41, 5.74) is 2.91. The molecule has 0 radical (unpaired) electrons. The quantitative estimate of drug-likeness (QED) is 0.702. The molecule has 0 N–H and O–H groups in total. The van der Waals surface area contributed by atoms with E-state index in [0.717, 1.165) is 29.5 Å². The Labute approximate surface area is 181 Å². The number of nitrogens with zero attached hydrogens (tertiary/aromatic N) is 2. The summed E-state index contributed by atoms with van der Waals surface area (Å²) >= 11 is 6.10. The largest absolute Gasteiger partial charge is 0.493 e. The molecule has 2 amide bonds. The number of likely N-dealkylation sites (tertiary alicyclic amines) is 1. The SMILES string of the molecule is COc1cc2c(cc1OC)C(c1ccc(Cl)cc1)N(C(=O)C(=O)N1CCCC1)CC2. The average molecular weight is 429 g/mol. The third kappa shape index (κ3) is 3.72. The summed E-state index contributed by atoms with van der Waals surface area (Å²) in [6.07, 6.45) is 2.53. The van der Waals surface area contributed by atoms with E-state index in [2.05, 4.69) is 0 Å². The van der Waals surface area contributed by atoms with E-state index in [-0.39, 0.29) is 0 Å². The summed E-state index contributed by atoms with van der Waals surface area (Å²) in [6.45, 7) is 1.74. The van der Waals surface area contributed by atoms with Crippen molar-refractivity contribution in [1.29, 1.82) is 0 Å². The lowest BCUT2D eigenvalue weighted by atomic mass is 9.87. The number of benzene rings is 2. The molecule has 2 aromatic rings. The van der Waals surface area contributed by atoms with E-state index < -0.39 is 17.9 Å². The second kappa shape index (κ2) is 8.56. The first-order chi connectivity index (χ1) is 14.5. The molecule has 4 rings (SSSR count). The van der Waals surface area contributed by atoms with Gasteiger partial charge in [0.2, 0.25) is 0 Å². The van der Waals surface area contributed by atoms with Crippen LogP contribution in [0.5, 0.6) is 11.5 Å². The van der Waals surface area contributed by atoms with Crippen molar-refractivity contribution in [2.24, 2.45) is 0 Å². The molecule has 0 spiro atoms. The molecule has 1 fully saturated rings. The van der Waals surface area contributed by atoms with E-state index in [1.807, 2.05) is 24.3 Å². The first-order valence-electron chi connectivity index (χ1n) is 10.1. The van der Waals surface area contributed by atoms with Gasteiger partial charge in [-0.1, -0.05) is 23.7 Å². The first-order valence-corrected chi connectivity index (χ1v) is 10.5. The first kappa shape index (κ1) is 20.5. The Morgan fingerprint density at radius 2 is 1.57 bits per heavy atom. The van der Waals surface area contributed by atoms with Crippen LogP contribution in [0.15, 0.2) is 36.4 Å². The normalized spacial score (nSPS) is 18.2. The minimum absolute atomic E-state index is 0.398. The molecule has 0 aliphatic carbocycles. The molecule has 2 aliphatic rings. The van der Waals surface area contributed by atoms with Crippen molar-refractivity contribution in [3.63, 3.8) is 0 Å². The van der Waals surface area contributed by atoms with Crippen molar-refractivity contribution in [3.8, 4) is 11.5 Å². The molecule has 7 heteroatoms. The number of rotatable bonds is 3. The van der Waals surface area contributed by atoms with Crippen molar-refractivity contribution in [2.45, 2.75) is 25.3 Å². The Balaban J connectivity index is 1.78. The van der Waals surface area contributed by atoms with Crippen LogP contribution in [-0.4, -0.2) is 55.5 Å². The third-order valence-electron chi connectivity index (χ3n) is 5.90. The third-order valence-corrected chi connectivity index (χ3v) is 6.15. The van der Waals surface area contributed by atoms with Gasteiger partial charge in [-0.05, 0) is 60.2 Å². The Bertz CT molecular complexity index is 954. The molecular formula is C23H25ClN2O4. The number of carbonyl (C=O) groups is 2. The molecule has 30 heavy (non-hydrogen) atoms. The Morgan fingerprint density at radius 1 is 0.933 bits per heavy atom. The van der Waals surface area contributed by atoms with Crippen molar-refractivity contribution >= 4 is 23.4 Å². The Kier molecular flexibility index (Phi) is 5.86. The van der Waals surface area contributed by atoms with Gasteiger partial charge in [-0.15, -0.1) is 0 Å². The number of halogens is 1. The van der Waals surface area contributed by atoms with Crippen LogP contribution in [0.25, 0.3) is 0 Å². The van der Waals surface area contributed by atoms with Crippen LogP contribution in [0.1, 0.15) is 35.6 Å². The molecule has 2 aliphatic heterocycles. The standard InChI is InChI=1S/C23H25ClN2O4/c1-29-19-13-16-9-12-26(23(28)22(27)25-10-3-4-11-25)21(18(16)14-20(19)30-2)15-5-7-17(24)8-6-15/h5-8,13-14,21H,3-4,9-12H2,1-2H3. The lowest BCUT2D eigenvalue weighted by Crippen LogP contribution is -2.48. The van der Waals surface area contributed by atoms with Gasteiger partial charge in [0.25, 0.3) is 0 Å². The van der Waals surface area contributed by atoms with Gasteiger partial charge in [-0.25, -0.2) is 0 Å². The predicted molar refractivity (Wildman–Crippen MR) is 114 cm³/mol. The summed E-state index contributed by atoms with van der Waals surface area (Å²) in [4.78, 5) is 29.5. The zero-order valence-corrected chi connectivity index (χ0v) is 17.9. The molecule has 0 aromatic heterocycles. The highest BCUT2D eigenvalue weighted by Crippen LogP contribution is 2.41.